The first kappa shape index (κ1) is 23.8. The van der Waals surface area contributed by atoms with Gasteiger partial charge in [-0.05, 0) is 42.3 Å². The number of aliphatic hydroxyl groups excluding tert-OH is 1. The predicted molar refractivity (Wildman–Crippen MR) is 129 cm³/mol. The molecule has 9 heteroatoms. The summed E-state index contributed by atoms with van der Waals surface area (Å²) >= 11 is 5.90. The Balaban J connectivity index is 1.51. The van der Waals surface area contributed by atoms with Crippen molar-refractivity contribution in [3.63, 3.8) is 0 Å². The van der Waals surface area contributed by atoms with Crippen LogP contribution in [-0.4, -0.2) is 22.1 Å². The Bertz CT molecular complexity index is 1310. The van der Waals surface area contributed by atoms with Crippen LogP contribution < -0.4 is 16.1 Å². The SMILES string of the molecule is CCCn1cc(C(=O)NCc2ccc(Cl)cc2)c(=O)c2cc(CNCC(O)c3ccco3)oc21. The number of amides is 1. The van der Waals surface area contributed by atoms with Gasteiger partial charge < -0.3 is 29.1 Å². The number of aryl methyl sites for hydroxylation is 1. The third-order valence-corrected chi connectivity index (χ3v) is 5.63. The van der Waals surface area contributed by atoms with Crippen molar-refractivity contribution in [3.05, 3.63) is 92.8 Å². The Morgan fingerprint density at radius 3 is 2.71 bits per heavy atom. The zero-order valence-electron chi connectivity index (χ0n) is 18.7. The van der Waals surface area contributed by atoms with E-state index in [1.807, 2.05) is 19.1 Å². The van der Waals surface area contributed by atoms with Gasteiger partial charge in [0.05, 0.1) is 18.2 Å². The number of hydrogen-bond donors (Lipinski definition) is 3. The predicted octanol–water partition coefficient (Wildman–Crippen LogP) is 4.00. The molecule has 3 aromatic heterocycles. The smallest absolute Gasteiger partial charge is 0.257 e. The summed E-state index contributed by atoms with van der Waals surface area (Å²) in [6, 6.07) is 12.2. The zero-order valence-corrected chi connectivity index (χ0v) is 19.5. The molecule has 0 radical (unpaired) electrons. The molecule has 4 rings (SSSR count). The van der Waals surface area contributed by atoms with E-state index >= 15 is 0 Å². The molecule has 3 N–H and O–H groups in total. The van der Waals surface area contributed by atoms with Gasteiger partial charge in [0.25, 0.3) is 5.91 Å². The van der Waals surface area contributed by atoms with Crippen molar-refractivity contribution in [1.29, 1.82) is 0 Å². The number of carbonyl (C=O) groups is 1. The minimum atomic E-state index is -0.796. The minimum Gasteiger partial charge on any atom is -0.467 e. The van der Waals surface area contributed by atoms with Crippen LogP contribution in [0.25, 0.3) is 11.1 Å². The number of furan rings is 2. The topological polar surface area (TPSA) is 110 Å². The summed E-state index contributed by atoms with van der Waals surface area (Å²) in [5, 5.41) is 17.0. The number of rotatable bonds is 10. The van der Waals surface area contributed by atoms with E-state index in [0.29, 0.717) is 40.7 Å². The lowest BCUT2D eigenvalue weighted by atomic mass is 10.1. The maximum Gasteiger partial charge on any atom is 0.257 e. The summed E-state index contributed by atoms with van der Waals surface area (Å²) in [5.41, 5.74) is 0.968. The molecule has 8 nitrogen and oxygen atoms in total. The molecule has 3 heterocycles. The number of pyridine rings is 1. The normalized spacial score (nSPS) is 12.2. The summed E-state index contributed by atoms with van der Waals surface area (Å²) in [4.78, 5) is 26.0. The fourth-order valence-electron chi connectivity index (χ4n) is 3.67. The fraction of sp³-hybridized carbons (Fsp3) is 0.280. The number of aromatic nitrogens is 1. The van der Waals surface area contributed by atoms with Crippen molar-refractivity contribution in [1.82, 2.24) is 15.2 Å². The van der Waals surface area contributed by atoms with Gasteiger partial charge in [-0.3, -0.25) is 9.59 Å². The van der Waals surface area contributed by atoms with Crippen LogP contribution in [0.5, 0.6) is 0 Å². The average molecular weight is 484 g/mol. The lowest BCUT2D eigenvalue weighted by Gasteiger charge is -2.10. The average Bonchev–Trinajstić information content (AvgIpc) is 3.51. The number of hydrogen-bond acceptors (Lipinski definition) is 6. The molecule has 0 bridgehead atoms. The van der Waals surface area contributed by atoms with Gasteiger partial charge in [0.1, 0.15) is 23.2 Å². The van der Waals surface area contributed by atoms with Crippen LogP contribution in [0, 0.1) is 0 Å². The Morgan fingerprint density at radius 1 is 1.21 bits per heavy atom. The second-order valence-corrected chi connectivity index (χ2v) is 8.40. The van der Waals surface area contributed by atoms with Crippen LogP contribution >= 0.6 is 11.6 Å². The van der Waals surface area contributed by atoms with E-state index in [9.17, 15) is 14.7 Å². The summed E-state index contributed by atoms with van der Waals surface area (Å²) < 4.78 is 12.9. The van der Waals surface area contributed by atoms with E-state index in [-0.39, 0.29) is 24.1 Å². The largest absolute Gasteiger partial charge is 0.467 e. The second kappa shape index (κ2) is 10.7. The van der Waals surface area contributed by atoms with Crippen LogP contribution in [0.15, 0.2) is 68.6 Å². The molecule has 1 amide bonds. The number of aliphatic hydroxyl groups is 1. The van der Waals surface area contributed by atoms with E-state index < -0.39 is 12.0 Å². The summed E-state index contributed by atoms with van der Waals surface area (Å²) in [5.74, 6) is 0.547. The molecule has 0 spiro atoms. The highest BCUT2D eigenvalue weighted by molar-refractivity contribution is 6.30. The first-order valence-corrected chi connectivity index (χ1v) is 11.4. The summed E-state index contributed by atoms with van der Waals surface area (Å²) in [6.07, 6.45) is 3.05. The lowest BCUT2D eigenvalue weighted by molar-refractivity contribution is 0.0949. The first-order valence-electron chi connectivity index (χ1n) is 11.1. The Kier molecular flexibility index (Phi) is 7.52. The Morgan fingerprint density at radius 2 is 2.00 bits per heavy atom. The Labute approximate surface area is 201 Å². The van der Waals surface area contributed by atoms with Crippen LogP contribution in [0.2, 0.25) is 5.02 Å². The maximum atomic E-state index is 13.1. The molecule has 0 aliphatic carbocycles. The van der Waals surface area contributed by atoms with Gasteiger partial charge in [0.15, 0.2) is 0 Å². The molecular weight excluding hydrogens is 458 g/mol. The molecule has 0 fully saturated rings. The van der Waals surface area contributed by atoms with Crippen molar-refractivity contribution < 1.29 is 18.7 Å². The molecular formula is C25H26ClN3O5. The third-order valence-electron chi connectivity index (χ3n) is 5.38. The lowest BCUT2D eigenvalue weighted by Crippen LogP contribution is -2.29. The number of fused-ring (bicyclic) bond motifs is 1. The van der Waals surface area contributed by atoms with Gasteiger partial charge in [0, 0.05) is 30.9 Å². The number of nitrogens with one attached hydrogen (secondary N) is 2. The number of carbonyl (C=O) groups excluding carboxylic acids is 1. The highest BCUT2D eigenvalue weighted by Gasteiger charge is 2.19. The molecule has 0 aliphatic rings. The highest BCUT2D eigenvalue weighted by Crippen LogP contribution is 2.19. The van der Waals surface area contributed by atoms with Crippen molar-refractivity contribution in [2.24, 2.45) is 0 Å². The minimum absolute atomic E-state index is 0.0588. The summed E-state index contributed by atoms with van der Waals surface area (Å²) in [7, 11) is 0. The second-order valence-electron chi connectivity index (χ2n) is 7.97. The van der Waals surface area contributed by atoms with Crippen LogP contribution in [0.4, 0.5) is 0 Å². The first-order chi connectivity index (χ1) is 16.5. The van der Waals surface area contributed by atoms with Gasteiger partial charge in [0.2, 0.25) is 11.1 Å². The molecule has 0 saturated heterocycles. The fourth-order valence-corrected chi connectivity index (χ4v) is 3.80. The molecule has 178 valence electrons. The van der Waals surface area contributed by atoms with Crippen LogP contribution in [-0.2, 0) is 19.6 Å². The standard InChI is InChI=1S/C25H26ClN3O5/c1-2-9-29-15-20(24(32)28-12-16-5-7-17(26)8-6-16)23(31)19-11-18(34-25(19)29)13-27-14-21(30)22-4-3-10-33-22/h3-8,10-11,15,21,27,30H,2,9,12-14H2,1H3,(H,28,32). The van der Waals surface area contributed by atoms with E-state index in [4.69, 9.17) is 20.4 Å². The van der Waals surface area contributed by atoms with Crippen molar-refractivity contribution >= 4 is 28.6 Å². The third kappa shape index (κ3) is 5.41. The molecule has 1 atom stereocenters. The van der Waals surface area contributed by atoms with Crippen LogP contribution in [0.1, 0.15) is 46.9 Å². The molecule has 1 unspecified atom stereocenters. The molecule has 4 aromatic rings. The molecule has 34 heavy (non-hydrogen) atoms. The quantitative estimate of drug-likeness (QED) is 0.314. The maximum absolute atomic E-state index is 13.1. The van der Waals surface area contributed by atoms with E-state index in [1.165, 1.54) is 6.26 Å². The van der Waals surface area contributed by atoms with Gasteiger partial charge in [-0.15, -0.1) is 0 Å². The molecule has 0 aliphatic heterocycles. The number of halogens is 1. The number of benzene rings is 1. The van der Waals surface area contributed by atoms with Crippen molar-refractivity contribution in [3.8, 4) is 0 Å². The monoisotopic (exact) mass is 483 g/mol. The zero-order chi connectivity index (χ0) is 24.1. The van der Waals surface area contributed by atoms with Gasteiger partial charge in [-0.2, -0.15) is 0 Å². The Hall–Kier alpha value is -3.33. The van der Waals surface area contributed by atoms with Gasteiger partial charge >= 0.3 is 0 Å². The van der Waals surface area contributed by atoms with Gasteiger partial charge in [-0.1, -0.05) is 30.7 Å². The van der Waals surface area contributed by atoms with Gasteiger partial charge in [-0.25, -0.2) is 0 Å². The van der Waals surface area contributed by atoms with Crippen LogP contribution in [0.3, 0.4) is 0 Å². The van der Waals surface area contributed by atoms with E-state index in [2.05, 4.69) is 10.6 Å². The molecule has 1 aromatic carbocycles. The van der Waals surface area contributed by atoms with Crippen molar-refractivity contribution in [2.45, 2.75) is 39.1 Å². The highest BCUT2D eigenvalue weighted by atomic mass is 35.5. The number of nitrogens with zero attached hydrogens (tertiary/aromatic N) is 1. The van der Waals surface area contributed by atoms with Crippen molar-refractivity contribution in [2.75, 3.05) is 6.54 Å². The summed E-state index contributed by atoms with van der Waals surface area (Å²) in [6.45, 7) is 3.43. The van der Waals surface area contributed by atoms with E-state index in [1.54, 1.807) is 41.1 Å². The molecule has 0 saturated carbocycles. The van der Waals surface area contributed by atoms with E-state index in [0.717, 1.165) is 12.0 Å².